The van der Waals surface area contributed by atoms with Crippen molar-refractivity contribution in [2.45, 2.75) is 52.5 Å². The Morgan fingerprint density at radius 2 is 2.00 bits per heavy atom. The maximum Gasteiger partial charge on any atom is 0.00924 e. The summed E-state index contributed by atoms with van der Waals surface area (Å²) >= 11 is 0. The third-order valence-corrected chi connectivity index (χ3v) is 3.98. The van der Waals surface area contributed by atoms with Crippen LogP contribution < -0.4 is 5.32 Å². The molecule has 0 saturated heterocycles. The van der Waals surface area contributed by atoms with Crippen molar-refractivity contribution in [1.82, 2.24) is 10.2 Å². The molecule has 1 saturated carbocycles. The lowest BCUT2D eigenvalue weighted by Crippen LogP contribution is -2.46. The number of rotatable bonds is 7. The van der Waals surface area contributed by atoms with Crippen molar-refractivity contribution in [3.63, 3.8) is 0 Å². The van der Waals surface area contributed by atoms with Crippen molar-refractivity contribution in [3.8, 4) is 0 Å². The van der Waals surface area contributed by atoms with Crippen LogP contribution in [0.4, 0.5) is 0 Å². The first-order valence-corrected chi connectivity index (χ1v) is 6.52. The van der Waals surface area contributed by atoms with Gasteiger partial charge in [0.15, 0.2) is 0 Å². The van der Waals surface area contributed by atoms with E-state index in [1.807, 2.05) is 0 Å². The average Bonchev–Trinajstić information content (AvgIpc) is 2.12. The van der Waals surface area contributed by atoms with E-state index in [0.717, 1.165) is 19.1 Å². The Hall–Kier alpha value is -0.0800. The summed E-state index contributed by atoms with van der Waals surface area (Å²) in [5.74, 6) is 0. The third kappa shape index (κ3) is 3.76. The van der Waals surface area contributed by atoms with Crippen LogP contribution >= 0.6 is 0 Å². The van der Waals surface area contributed by atoms with Crippen LogP contribution in [0.1, 0.15) is 46.5 Å². The minimum Gasteiger partial charge on any atom is -0.316 e. The first kappa shape index (κ1) is 13.0. The van der Waals surface area contributed by atoms with Crippen LogP contribution in [0.3, 0.4) is 0 Å². The lowest BCUT2D eigenvalue weighted by Gasteiger charge is -2.40. The summed E-state index contributed by atoms with van der Waals surface area (Å²) < 4.78 is 0. The molecule has 0 bridgehead atoms. The highest BCUT2D eigenvalue weighted by molar-refractivity contribution is 4.84. The van der Waals surface area contributed by atoms with Gasteiger partial charge < -0.3 is 10.2 Å². The Labute approximate surface area is 95.4 Å². The Kier molecular flexibility index (Phi) is 5.07. The second-order valence-corrected chi connectivity index (χ2v) is 5.44. The van der Waals surface area contributed by atoms with Crippen LogP contribution in [-0.4, -0.2) is 37.6 Å². The molecule has 1 atom stereocenters. The Balaban J connectivity index is 2.35. The fourth-order valence-electron chi connectivity index (χ4n) is 2.28. The summed E-state index contributed by atoms with van der Waals surface area (Å²) in [6.07, 6.45) is 5.52. The number of nitrogens with one attached hydrogen (secondary N) is 1. The van der Waals surface area contributed by atoms with E-state index in [2.05, 4.69) is 38.0 Å². The van der Waals surface area contributed by atoms with Crippen LogP contribution in [0.5, 0.6) is 0 Å². The van der Waals surface area contributed by atoms with Crippen LogP contribution in [0.25, 0.3) is 0 Å². The summed E-state index contributed by atoms with van der Waals surface area (Å²) in [6.45, 7) is 10.4. The molecule has 0 aromatic carbocycles. The molecule has 1 fully saturated rings. The summed E-state index contributed by atoms with van der Waals surface area (Å²) in [7, 11) is 2.30. The topological polar surface area (TPSA) is 15.3 Å². The van der Waals surface area contributed by atoms with Crippen LogP contribution in [0.15, 0.2) is 0 Å². The van der Waals surface area contributed by atoms with Gasteiger partial charge in [-0.2, -0.15) is 0 Å². The largest absolute Gasteiger partial charge is 0.316 e. The standard InChI is InChI=1S/C13H28N2/c1-5-13(3,10-14-6-2)11-15(4)12-8-7-9-12/h12,14H,5-11H2,1-4H3. The van der Waals surface area contributed by atoms with E-state index >= 15 is 0 Å². The summed E-state index contributed by atoms with van der Waals surface area (Å²) in [4.78, 5) is 2.57. The van der Waals surface area contributed by atoms with Gasteiger partial charge in [-0.15, -0.1) is 0 Å². The van der Waals surface area contributed by atoms with Gasteiger partial charge in [0.05, 0.1) is 0 Å². The van der Waals surface area contributed by atoms with Gasteiger partial charge in [0.2, 0.25) is 0 Å². The normalized spacial score (nSPS) is 21.4. The highest BCUT2D eigenvalue weighted by Crippen LogP contribution is 2.28. The molecule has 1 aliphatic carbocycles. The minimum atomic E-state index is 0.445. The molecule has 0 amide bonds. The quantitative estimate of drug-likeness (QED) is 0.697. The van der Waals surface area contributed by atoms with E-state index in [1.165, 1.54) is 32.2 Å². The van der Waals surface area contributed by atoms with Crippen molar-refractivity contribution in [2.75, 3.05) is 26.7 Å². The van der Waals surface area contributed by atoms with E-state index in [1.54, 1.807) is 0 Å². The Bertz CT molecular complexity index is 177. The molecule has 1 rings (SSSR count). The van der Waals surface area contributed by atoms with Crippen LogP contribution in [0, 0.1) is 5.41 Å². The second-order valence-electron chi connectivity index (χ2n) is 5.44. The van der Waals surface area contributed by atoms with Gasteiger partial charge in [0, 0.05) is 19.1 Å². The molecule has 0 aromatic heterocycles. The number of hydrogen-bond acceptors (Lipinski definition) is 2. The molecule has 1 N–H and O–H groups in total. The van der Waals surface area contributed by atoms with Crippen molar-refractivity contribution in [3.05, 3.63) is 0 Å². The van der Waals surface area contributed by atoms with Crippen molar-refractivity contribution in [1.29, 1.82) is 0 Å². The van der Waals surface area contributed by atoms with Crippen molar-refractivity contribution in [2.24, 2.45) is 5.41 Å². The summed E-state index contributed by atoms with van der Waals surface area (Å²) in [5, 5.41) is 3.49. The zero-order chi connectivity index (χ0) is 11.3. The predicted molar refractivity (Wildman–Crippen MR) is 67.2 cm³/mol. The fourth-order valence-corrected chi connectivity index (χ4v) is 2.28. The van der Waals surface area contributed by atoms with E-state index in [-0.39, 0.29) is 0 Å². The molecule has 2 nitrogen and oxygen atoms in total. The smallest absolute Gasteiger partial charge is 0.00924 e. The fraction of sp³-hybridized carbons (Fsp3) is 1.00. The molecule has 0 aromatic rings. The summed E-state index contributed by atoms with van der Waals surface area (Å²) in [6, 6.07) is 0.873. The van der Waals surface area contributed by atoms with Gasteiger partial charge in [-0.25, -0.2) is 0 Å². The zero-order valence-electron chi connectivity index (χ0n) is 11.0. The first-order valence-electron chi connectivity index (χ1n) is 6.52. The number of hydrogen-bond donors (Lipinski definition) is 1. The van der Waals surface area contributed by atoms with Gasteiger partial charge in [0.25, 0.3) is 0 Å². The van der Waals surface area contributed by atoms with Gasteiger partial charge in [-0.3, -0.25) is 0 Å². The lowest BCUT2D eigenvalue weighted by molar-refractivity contribution is 0.0980. The molecule has 1 unspecified atom stereocenters. The van der Waals surface area contributed by atoms with E-state index in [4.69, 9.17) is 0 Å². The molecule has 0 heterocycles. The lowest BCUT2D eigenvalue weighted by atomic mass is 9.84. The molecule has 15 heavy (non-hydrogen) atoms. The summed E-state index contributed by atoms with van der Waals surface area (Å²) in [5.41, 5.74) is 0.445. The van der Waals surface area contributed by atoms with E-state index < -0.39 is 0 Å². The van der Waals surface area contributed by atoms with Gasteiger partial charge in [-0.05, 0) is 38.3 Å². The van der Waals surface area contributed by atoms with Crippen LogP contribution in [-0.2, 0) is 0 Å². The van der Waals surface area contributed by atoms with Crippen molar-refractivity contribution < 1.29 is 0 Å². The Morgan fingerprint density at radius 1 is 1.33 bits per heavy atom. The molecular formula is C13H28N2. The molecule has 0 spiro atoms. The van der Waals surface area contributed by atoms with Gasteiger partial charge in [0.1, 0.15) is 0 Å². The molecule has 2 heteroatoms. The molecule has 90 valence electrons. The average molecular weight is 212 g/mol. The van der Waals surface area contributed by atoms with E-state index in [9.17, 15) is 0 Å². The van der Waals surface area contributed by atoms with E-state index in [0.29, 0.717) is 5.41 Å². The molecule has 1 aliphatic rings. The zero-order valence-corrected chi connectivity index (χ0v) is 11.0. The minimum absolute atomic E-state index is 0.445. The highest BCUT2D eigenvalue weighted by Gasteiger charge is 2.29. The van der Waals surface area contributed by atoms with Crippen LogP contribution in [0.2, 0.25) is 0 Å². The van der Waals surface area contributed by atoms with Gasteiger partial charge >= 0.3 is 0 Å². The predicted octanol–water partition coefficient (Wildman–Crippen LogP) is 2.50. The first-order chi connectivity index (χ1) is 7.11. The maximum atomic E-state index is 3.49. The molecular weight excluding hydrogens is 184 g/mol. The highest BCUT2D eigenvalue weighted by atomic mass is 15.1. The van der Waals surface area contributed by atoms with Gasteiger partial charge in [-0.1, -0.05) is 27.2 Å². The molecule has 0 radical (unpaired) electrons. The SMILES string of the molecule is CCNCC(C)(CC)CN(C)C1CCC1. The monoisotopic (exact) mass is 212 g/mol. The second kappa shape index (κ2) is 5.86. The maximum absolute atomic E-state index is 3.49. The molecule has 0 aliphatic heterocycles. The Morgan fingerprint density at radius 3 is 2.40 bits per heavy atom. The number of nitrogens with zero attached hydrogens (tertiary/aromatic N) is 1. The van der Waals surface area contributed by atoms with Crippen molar-refractivity contribution >= 4 is 0 Å². The third-order valence-electron chi connectivity index (χ3n) is 3.98.